The number of nitrogens with one attached hydrogen (secondary N) is 3. The number of fused-ring (bicyclic) bond motifs is 1. The monoisotopic (exact) mass is 246 g/mol. The van der Waals surface area contributed by atoms with Gasteiger partial charge in [0.05, 0.1) is 6.67 Å². The number of para-hydroxylation sites is 1. The van der Waals surface area contributed by atoms with Crippen molar-refractivity contribution in [1.82, 2.24) is 10.6 Å². The van der Waals surface area contributed by atoms with E-state index in [2.05, 4.69) is 10.6 Å². The molecule has 0 atom stereocenters. The Hall–Kier alpha value is -2.34. The van der Waals surface area contributed by atoms with E-state index in [0.29, 0.717) is 18.8 Å². The molecular formula is C12H14N4O2. The van der Waals surface area contributed by atoms with Crippen LogP contribution in [-0.2, 0) is 6.54 Å². The van der Waals surface area contributed by atoms with Crippen LogP contribution in [0.2, 0.25) is 0 Å². The van der Waals surface area contributed by atoms with Crippen molar-refractivity contribution in [2.45, 2.75) is 6.54 Å². The summed E-state index contributed by atoms with van der Waals surface area (Å²) in [5, 5.41) is 13.6. The molecule has 0 unspecified atom stereocenters. The fourth-order valence-electron chi connectivity index (χ4n) is 1.68. The third-order valence-corrected chi connectivity index (χ3v) is 2.45. The van der Waals surface area contributed by atoms with Crippen LogP contribution in [0.4, 0.5) is 0 Å². The zero-order valence-electron chi connectivity index (χ0n) is 9.69. The minimum Gasteiger partial charge on any atom is -0.423 e. The highest BCUT2D eigenvalue weighted by atomic mass is 16.4. The van der Waals surface area contributed by atoms with Crippen LogP contribution in [0.25, 0.3) is 11.0 Å². The second-order valence-electron chi connectivity index (χ2n) is 3.78. The van der Waals surface area contributed by atoms with Crippen LogP contribution in [0.1, 0.15) is 5.56 Å². The van der Waals surface area contributed by atoms with Gasteiger partial charge in [-0.05, 0) is 11.6 Å². The maximum absolute atomic E-state index is 11.4. The van der Waals surface area contributed by atoms with E-state index in [1.165, 1.54) is 6.07 Å². The van der Waals surface area contributed by atoms with Crippen molar-refractivity contribution in [1.29, 1.82) is 5.41 Å². The fraction of sp³-hybridized carbons (Fsp3) is 0.167. The highest BCUT2D eigenvalue weighted by Crippen LogP contribution is 2.15. The standard InChI is InChI=1S/C12H14N4O2/c13-12(14)16-7-15-6-8-5-11(17)18-10-4-2-1-3-9(8)10/h1-5,15H,6-7H2,(H4,13,14,16). The van der Waals surface area contributed by atoms with Gasteiger partial charge in [-0.15, -0.1) is 0 Å². The lowest BCUT2D eigenvalue weighted by atomic mass is 10.1. The molecule has 0 saturated heterocycles. The van der Waals surface area contributed by atoms with Gasteiger partial charge in [-0.25, -0.2) is 4.79 Å². The quantitative estimate of drug-likeness (QED) is 0.204. The first-order chi connectivity index (χ1) is 8.66. The van der Waals surface area contributed by atoms with Crippen molar-refractivity contribution in [2.75, 3.05) is 6.67 Å². The predicted molar refractivity (Wildman–Crippen MR) is 69.2 cm³/mol. The van der Waals surface area contributed by atoms with E-state index in [9.17, 15) is 4.79 Å². The van der Waals surface area contributed by atoms with E-state index >= 15 is 0 Å². The van der Waals surface area contributed by atoms with Gasteiger partial charge in [-0.1, -0.05) is 18.2 Å². The van der Waals surface area contributed by atoms with Crippen LogP contribution in [0.3, 0.4) is 0 Å². The van der Waals surface area contributed by atoms with Gasteiger partial charge < -0.3 is 15.5 Å². The second-order valence-corrected chi connectivity index (χ2v) is 3.78. The van der Waals surface area contributed by atoms with Gasteiger partial charge in [0.1, 0.15) is 5.58 Å². The molecule has 2 aromatic rings. The molecule has 0 aliphatic carbocycles. The third kappa shape index (κ3) is 2.86. The van der Waals surface area contributed by atoms with E-state index < -0.39 is 0 Å². The Morgan fingerprint density at radius 2 is 2.17 bits per heavy atom. The number of nitrogens with two attached hydrogens (primary N) is 1. The zero-order chi connectivity index (χ0) is 13.0. The summed E-state index contributed by atoms with van der Waals surface area (Å²) in [4.78, 5) is 11.4. The average molecular weight is 246 g/mol. The van der Waals surface area contributed by atoms with Gasteiger partial charge in [-0.3, -0.25) is 10.7 Å². The van der Waals surface area contributed by atoms with Crippen molar-refractivity contribution >= 4 is 16.9 Å². The Kier molecular flexibility index (Phi) is 3.59. The lowest BCUT2D eigenvalue weighted by Crippen LogP contribution is -2.37. The second kappa shape index (κ2) is 5.33. The minimum atomic E-state index is -0.370. The number of hydrogen-bond donors (Lipinski definition) is 4. The predicted octanol–water partition coefficient (Wildman–Crippen LogP) is 0.323. The van der Waals surface area contributed by atoms with Crippen LogP contribution in [-0.4, -0.2) is 12.6 Å². The molecule has 0 spiro atoms. The Balaban J connectivity index is 2.17. The molecule has 2 rings (SSSR count). The van der Waals surface area contributed by atoms with E-state index in [1.807, 2.05) is 18.2 Å². The average Bonchev–Trinajstić information content (AvgIpc) is 2.34. The van der Waals surface area contributed by atoms with E-state index in [-0.39, 0.29) is 11.6 Å². The van der Waals surface area contributed by atoms with Crippen LogP contribution in [0.15, 0.2) is 39.5 Å². The number of hydrogen-bond acceptors (Lipinski definition) is 4. The normalized spacial score (nSPS) is 10.4. The first-order valence-electron chi connectivity index (χ1n) is 5.47. The van der Waals surface area contributed by atoms with Crippen molar-refractivity contribution in [3.8, 4) is 0 Å². The molecule has 0 aliphatic heterocycles. The molecule has 94 valence electrons. The highest BCUT2D eigenvalue weighted by Gasteiger charge is 2.04. The molecule has 1 aromatic carbocycles. The van der Waals surface area contributed by atoms with E-state index in [0.717, 1.165) is 10.9 Å². The Morgan fingerprint density at radius 1 is 1.39 bits per heavy atom. The molecule has 5 N–H and O–H groups in total. The molecule has 0 radical (unpaired) electrons. The van der Waals surface area contributed by atoms with Crippen LogP contribution in [0, 0.1) is 5.41 Å². The molecule has 18 heavy (non-hydrogen) atoms. The summed E-state index contributed by atoms with van der Waals surface area (Å²) < 4.78 is 5.09. The van der Waals surface area contributed by atoms with Gasteiger partial charge in [0, 0.05) is 18.0 Å². The Morgan fingerprint density at radius 3 is 2.94 bits per heavy atom. The summed E-state index contributed by atoms with van der Waals surface area (Å²) in [6, 6.07) is 8.82. The summed E-state index contributed by atoms with van der Waals surface area (Å²) in [5.74, 6) is -0.0973. The summed E-state index contributed by atoms with van der Waals surface area (Å²) in [5.41, 5.74) is 6.21. The highest BCUT2D eigenvalue weighted by molar-refractivity contribution is 5.79. The largest absolute Gasteiger partial charge is 0.423 e. The minimum absolute atomic E-state index is 0.0973. The molecular weight excluding hydrogens is 232 g/mol. The molecule has 0 fully saturated rings. The number of guanidine groups is 1. The summed E-state index contributed by atoms with van der Waals surface area (Å²) in [7, 11) is 0. The van der Waals surface area contributed by atoms with Gasteiger partial charge in [0.15, 0.2) is 5.96 Å². The number of rotatable bonds is 4. The van der Waals surface area contributed by atoms with Gasteiger partial charge >= 0.3 is 5.63 Å². The third-order valence-electron chi connectivity index (χ3n) is 2.45. The molecule has 6 heteroatoms. The maximum atomic E-state index is 11.4. The lowest BCUT2D eigenvalue weighted by Gasteiger charge is -2.08. The SMILES string of the molecule is N=C(N)NCNCc1cc(=O)oc2ccccc12. The molecule has 0 aliphatic rings. The van der Waals surface area contributed by atoms with E-state index in [1.54, 1.807) is 6.07 Å². The lowest BCUT2D eigenvalue weighted by molar-refractivity contribution is 0.556. The molecule has 0 saturated carbocycles. The maximum Gasteiger partial charge on any atom is 0.336 e. The Bertz CT molecular complexity index is 621. The van der Waals surface area contributed by atoms with Gasteiger partial charge in [-0.2, -0.15) is 0 Å². The first kappa shape index (κ1) is 12.1. The summed E-state index contributed by atoms with van der Waals surface area (Å²) in [6.07, 6.45) is 0. The zero-order valence-corrected chi connectivity index (χ0v) is 9.69. The van der Waals surface area contributed by atoms with Crippen LogP contribution < -0.4 is 22.0 Å². The molecule has 0 bridgehead atoms. The van der Waals surface area contributed by atoms with Crippen LogP contribution in [0.5, 0.6) is 0 Å². The fourth-order valence-corrected chi connectivity index (χ4v) is 1.68. The Labute approximate surface area is 103 Å². The molecule has 1 heterocycles. The summed E-state index contributed by atoms with van der Waals surface area (Å²) >= 11 is 0. The van der Waals surface area contributed by atoms with Crippen molar-refractivity contribution in [2.24, 2.45) is 5.73 Å². The van der Waals surface area contributed by atoms with Crippen molar-refractivity contribution < 1.29 is 4.42 Å². The smallest absolute Gasteiger partial charge is 0.336 e. The van der Waals surface area contributed by atoms with E-state index in [4.69, 9.17) is 15.6 Å². The number of benzene rings is 1. The summed E-state index contributed by atoms with van der Waals surface area (Å²) in [6.45, 7) is 0.857. The van der Waals surface area contributed by atoms with Crippen molar-refractivity contribution in [3.63, 3.8) is 0 Å². The van der Waals surface area contributed by atoms with Crippen LogP contribution >= 0.6 is 0 Å². The topological polar surface area (TPSA) is 104 Å². The molecule has 1 aromatic heterocycles. The van der Waals surface area contributed by atoms with Gasteiger partial charge in [0.2, 0.25) is 0 Å². The van der Waals surface area contributed by atoms with Gasteiger partial charge in [0.25, 0.3) is 0 Å². The first-order valence-corrected chi connectivity index (χ1v) is 5.47. The van der Waals surface area contributed by atoms with Crippen molar-refractivity contribution in [3.05, 3.63) is 46.3 Å². The molecule has 0 amide bonds. The molecule has 6 nitrogen and oxygen atoms in total.